The van der Waals surface area contributed by atoms with Crippen LogP contribution in [0.25, 0.3) is 0 Å². The van der Waals surface area contributed by atoms with Crippen LogP contribution in [0.3, 0.4) is 0 Å². The minimum Gasteiger partial charge on any atom is -0.309 e. The smallest absolute Gasteiger partial charge is 0.191 e. The topological polar surface area (TPSA) is 81.9 Å². The van der Waals surface area contributed by atoms with Gasteiger partial charge in [0, 0.05) is 18.5 Å². The van der Waals surface area contributed by atoms with E-state index in [4.69, 9.17) is 0 Å². The van der Waals surface area contributed by atoms with Gasteiger partial charge in [0.15, 0.2) is 20.8 Å². The second kappa shape index (κ2) is 6.92. The zero-order valence-electron chi connectivity index (χ0n) is 14.5. The molecule has 2 aromatic rings. The van der Waals surface area contributed by atoms with E-state index in [-0.39, 0.29) is 29.0 Å². The number of ketones is 1. The van der Waals surface area contributed by atoms with Gasteiger partial charge in [-0.3, -0.25) is 4.79 Å². The van der Waals surface area contributed by atoms with Crippen LogP contribution in [0.5, 0.6) is 0 Å². The van der Waals surface area contributed by atoms with Crippen LogP contribution < -0.4 is 0 Å². The Morgan fingerprint density at radius 1 is 1.28 bits per heavy atom. The van der Waals surface area contributed by atoms with Crippen molar-refractivity contribution >= 4 is 27.4 Å². The number of carbonyl (C=O) groups is 1. The van der Waals surface area contributed by atoms with Crippen LogP contribution in [0.2, 0.25) is 0 Å². The standard InChI is InChI=1S/C17H21N3O3S2/c1-11-4-5-13(8-12(11)2)15(21)9-24-17-19-18-16(20(17)3)14-6-7-25(22,23)10-14/h4-5,8,14H,6-7,9-10H2,1-3H3. The molecule has 2 heterocycles. The molecule has 1 aliphatic heterocycles. The first-order valence-corrected chi connectivity index (χ1v) is 10.9. The third-order valence-electron chi connectivity index (χ3n) is 4.63. The van der Waals surface area contributed by atoms with Crippen molar-refractivity contribution < 1.29 is 13.2 Å². The Balaban J connectivity index is 1.68. The quantitative estimate of drug-likeness (QED) is 0.586. The van der Waals surface area contributed by atoms with Crippen molar-refractivity contribution in [2.75, 3.05) is 17.3 Å². The fraction of sp³-hybridized carbons (Fsp3) is 0.471. The first-order valence-electron chi connectivity index (χ1n) is 8.10. The lowest BCUT2D eigenvalue weighted by atomic mass is 10.0. The number of hydrogen-bond acceptors (Lipinski definition) is 6. The lowest BCUT2D eigenvalue weighted by Crippen LogP contribution is -2.09. The molecule has 1 fully saturated rings. The second-order valence-electron chi connectivity index (χ2n) is 6.51. The Hall–Kier alpha value is -1.67. The number of hydrogen-bond donors (Lipinski definition) is 0. The molecule has 1 aliphatic rings. The average Bonchev–Trinajstić information content (AvgIpc) is 3.10. The maximum atomic E-state index is 12.4. The van der Waals surface area contributed by atoms with Crippen LogP contribution in [0.1, 0.15) is 39.6 Å². The van der Waals surface area contributed by atoms with Gasteiger partial charge >= 0.3 is 0 Å². The third kappa shape index (κ3) is 3.95. The first-order chi connectivity index (χ1) is 11.8. The van der Waals surface area contributed by atoms with Crippen LogP contribution in [-0.2, 0) is 16.9 Å². The second-order valence-corrected chi connectivity index (χ2v) is 9.68. The summed E-state index contributed by atoms with van der Waals surface area (Å²) in [5, 5.41) is 8.93. The van der Waals surface area contributed by atoms with Gasteiger partial charge in [-0.1, -0.05) is 23.9 Å². The van der Waals surface area contributed by atoms with Gasteiger partial charge in [-0.15, -0.1) is 10.2 Å². The van der Waals surface area contributed by atoms with Gasteiger partial charge in [-0.2, -0.15) is 0 Å². The highest BCUT2D eigenvalue weighted by Gasteiger charge is 2.32. The summed E-state index contributed by atoms with van der Waals surface area (Å²) in [6.45, 7) is 4.01. The minimum absolute atomic E-state index is 0.0427. The molecule has 1 aromatic carbocycles. The van der Waals surface area contributed by atoms with Crippen LogP contribution in [-0.4, -0.2) is 46.2 Å². The van der Waals surface area contributed by atoms with Crippen molar-refractivity contribution in [3.05, 3.63) is 40.7 Å². The molecule has 0 spiro atoms. The first kappa shape index (κ1) is 18.1. The molecule has 1 atom stereocenters. The number of thioether (sulfide) groups is 1. The van der Waals surface area contributed by atoms with Crippen molar-refractivity contribution in [1.29, 1.82) is 0 Å². The Bertz CT molecular complexity index is 919. The summed E-state index contributed by atoms with van der Waals surface area (Å²) in [6.07, 6.45) is 0.584. The van der Waals surface area contributed by atoms with Gasteiger partial charge in [0.2, 0.25) is 0 Å². The molecule has 0 amide bonds. The monoisotopic (exact) mass is 379 g/mol. The molecular weight excluding hydrogens is 358 g/mol. The molecule has 0 aliphatic carbocycles. The van der Waals surface area contributed by atoms with Crippen molar-refractivity contribution in [3.8, 4) is 0 Å². The Morgan fingerprint density at radius 2 is 2.04 bits per heavy atom. The molecule has 1 aromatic heterocycles. The number of nitrogens with zero attached hydrogens (tertiary/aromatic N) is 3. The predicted octanol–water partition coefficient (Wildman–Crippen LogP) is 2.31. The molecular formula is C17H21N3O3S2. The summed E-state index contributed by atoms with van der Waals surface area (Å²) < 4.78 is 25.1. The van der Waals surface area contributed by atoms with Gasteiger partial charge in [-0.05, 0) is 37.5 Å². The molecule has 6 nitrogen and oxygen atoms in total. The molecule has 0 bridgehead atoms. The van der Waals surface area contributed by atoms with Crippen molar-refractivity contribution in [1.82, 2.24) is 14.8 Å². The number of Topliss-reactive ketones (excluding diaryl/α,β-unsaturated/α-hetero) is 1. The number of aryl methyl sites for hydroxylation is 2. The van der Waals surface area contributed by atoms with E-state index in [1.165, 1.54) is 11.8 Å². The normalized spacial score (nSPS) is 19.2. The van der Waals surface area contributed by atoms with Crippen LogP contribution >= 0.6 is 11.8 Å². The minimum atomic E-state index is -2.96. The maximum absolute atomic E-state index is 12.4. The lowest BCUT2D eigenvalue weighted by Gasteiger charge is -2.08. The molecule has 1 unspecified atom stereocenters. The van der Waals surface area contributed by atoms with Crippen LogP contribution in [0.4, 0.5) is 0 Å². The molecule has 1 saturated heterocycles. The maximum Gasteiger partial charge on any atom is 0.191 e. The number of carbonyl (C=O) groups excluding carboxylic acids is 1. The van der Waals surface area contributed by atoms with Crippen molar-refractivity contribution in [2.45, 2.75) is 31.3 Å². The number of benzene rings is 1. The Kier molecular flexibility index (Phi) is 5.02. The molecule has 134 valence electrons. The predicted molar refractivity (Wildman–Crippen MR) is 98.0 cm³/mol. The van der Waals surface area contributed by atoms with E-state index >= 15 is 0 Å². The third-order valence-corrected chi connectivity index (χ3v) is 7.42. The van der Waals surface area contributed by atoms with E-state index in [0.29, 0.717) is 23.0 Å². The Morgan fingerprint density at radius 3 is 2.68 bits per heavy atom. The summed E-state index contributed by atoms with van der Waals surface area (Å²) in [5.41, 5.74) is 2.95. The van der Waals surface area contributed by atoms with Gasteiger partial charge in [0.1, 0.15) is 5.82 Å². The summed E-state index contributed by atoms with van der Waals surface area (Å²) >= 11 is 1.33. The van der Waals surface area contributed by atoms with Crippen LogP contribution in [0.15, 0.2) is 23.4 Å². The highest BCUT2D eigenvalue weighted by atomic mass is 32.2. The Labute approximate surface area is 152 Å². The highest BCUT2D eigenvalue weighted by Crippen LogP contribution is 2.29. The van der Waals surface area contributed by atoms with E-state index in [1.807, 2.05) is 43.7 Å². The summed E-state index contributed by atoms with van der Waals surface area (Å²) in [5.74, 6) is 1.23. The molecule has 0 saturated carbocycles. The fourth-order valence-corrected chi connectivity index (χ4v) is 5.49. The van der Waals surface area contributed by atoms with E-state index in [2.05, 4.69) is 10.2 Å². The molecule has 3 rings (SSSR count). The van der Waals surface area contributed by atoms with E-state index < -0.39 is 9.84 Å². The molecule has 0 N–H and O–H groups in total. The van der Waals surface area contributed by atoms with E-state index in [0.717, 1.165) is 11.1 Å². The number of sulfone groups is 1. The van der Waals surface area contributed by atoms with Crippen molar-refractivity contribution in [3.63, 3.8) is 0 Å². The molecule has 8 heteroatoms. The van der Waals surface area contributed by atoms with Gasteiger partial charge < -0.3 is 4.57 Å². The van der Waals surface area contributed by atoms with Crippen molar-refractivity contribution in [2.24, 2.45) is 7.05 Å². The highest BCUT2D eigenvalue weighted by molar-refractivity contribution is 7.99. The van der Waals surface area contributed by atoms with E-state index in [1.54, 1.807) is 0 Å². The molecule has 25 heavy (non-hydrogen) atoms. The van der Waals surface area contributed by atoms with Gasteiger partial charge in [-0.25, -0.2) is 8.42 Å². The van der Waals surface area contributed by atoms with Gasteiger partial charge in [0.05, 0.1) is 17.3 Å². The summed E-state index contributed by atoms with van der Waals surface area (Å²) in [6, 6.07) is 5.70. The van der Waals surface area contributed by atoms with Crippen LogP contribution in [0, 0.1) is 13.8 Å². The summed E-state index contributed by atoms with van der Waals surface area (Å²) in [7, 11) is -1.14. The summed E-state index contributed by atoms with van der Waals surface area (Å²) in [4.78, 5) is 12.4. The number of aromatic nitrogens is 3. The van der Waals surface area contributed by atoms with E-state index in [9.17, 15) is 13.2 Å². The zero-order valence-corrected chi connectivity index (χ0v) is 16.2. The SMILES string of the molecule is Cc1ccc(C(=O)CSc2nnc(C3CCS(=O)(=O)C3)n2C)cc1C. The zero-order chi connectivity index (χ0) is 18.2. The average molecular weight is 380 g/mol. The van der Waals surface area contributed by atoms with Gasteiger partial charge in [0.25, 0.3) is 0 Å². The largest absolute Gasteiger partial charge is 0.309 e. The lowest BCUT2D eigenvalue weighted by molar-refractivity contribution is 0.102. The molecule has 0 radical (unpaired) electrons. The number of rotatable bonds is 5. The fourth-order valence-electron chi connectivity index (χ4n) is 2.93.